The predicted molar refractivity (Wildman–Crippen MR) is 75.0 cm³/mol. The van der Waals surface area contributed by atoms with E-state index < -0.39 is 23.6 Å². The lowest BCUT2D eigenvalue weighted by molar-refractivity contribution is 0.0740. The molecule has 0 radical (unpaired) electrons. The molecule has 3 nitrogen and oxygen atoms in total. The van der Waals surface area contributed by atoms with Gasteiger partial charge < -0.3 is 10.0 Å². The quantitative estimate of drug-likeness (QED) is 0.940. The molecule has 0 fully saturated rings. The highest BCUT2D eigenvalue weighted by Crippen LogP contribution is 2.28. The number of phenolic OH excluding ortho intramolecular Hbond substituents is 1. The molecule has 1 unspecified atom stereocenters. The fourth-order valence-corrected chi connectivity index (χ4v) is 2.06. The Morgan fingerprint density at radius 2 is 1.81 bits per heavy atom. The van der Waals surface area contributed by atoms with Crippen LogP contribution < -0.4 is 0 Å². The SMILES string of the molecule is CC(c1ccccc1O)N(C)C(=O)c1ccc(F)c(F)c1. The van der Waals surface area contributed by atoms with Crippen molar-refractivity contribution >= 4 is 5.91 Å². The third kappa shape index (κ3) is 3.02. The topological polar surface area (TPSA) is 40.5 Å². The molecule has 2 rings (SSSR count). The molecule has 0 saturated carbocycles. The number of benzene rings is 2. The van der Waals surface area contributed by atoms with E-state index in [1.807, 2.05) is 0 Å². The molecule has 0 aliphatic carbocycles. The van der Waals surface area contributed by atoms with E-state index in [0.717, 1.165) is 12.1 Å². The van der Waals surface area contributed by atoms with Gasteiger partial charge in [-0.15, -0.1) is 0 Å². The van der Waals surface area contributed by atoms with Crippen LogP contribution in [0, 0.1) is 11.6 Å². The van der Waals surface area contributed by atoms with Crippen LogP contribution in [0.15, 0.2) is 42.5 Å². The van der Waals surface area contributed by atoms with Crippen molar-refractivity contribution in [2.45, 2.75) is 13.0 Å². The molecule has 110 valence electrons. The van der Waals surface area contributed by atoms with Gasteiger partial charge in [-0.05, 0) is 31.2 Å². The lowest BCUT2D eigenvalue weighted by Gasteiger charge is -2.26. The van der Waals surface area contributed by atoms with Gasteiger partial charge >= 0.3 is 0 Å². The van der Waals surface area contributed by atoms with E-state index in [1.54, 1.807) is 32.2 Å². The zero-order valence-electron chi connectivity index (χ0n) is 11.7. The minimum absolute atomic E-state index is 0.0543. The summed E-state index contributed by atoms with van der Waals surface area (Å²) in [7, 11) is 1.54. The van der Waals surface area contributed by atoms with Gasteiger partial charge in [0.1, 0.15) is 5.75 Å². The molecule has 2 aromatic rings. The summed E-state index contributed by atoms with van der Waals surface area (Å²) < 4.78 is 26.1. The second-order valence-corrected chi connectivity index (χ2v) is 4.78. The van der Waals surface area contributed by atoms with Crippen molar-refractivity contribution in [1.82, 2.24) is 4.90 Å². The summed E-state index contributed by atoms with van der Waals surface area (Å²) in [6.45, 7) is 1.74. The van der Waals surface area contributed by atoms with Gasteiger partial charge in [0.2, 0.25) is 0 Å². The number of halogens is 2. The second-order valence-electron chi connectivity index (χ2n) is 4.78. The van der Waals surface area contributed by atoms with Crippen LogP contribution in [0.4, 0.5) is 8.78 Å². The normalized spacial score (nSPS) is 12.0. The Morgan fingerprint density at radius 1 is 1.14 bits per heavy atom. The van der Waals surface area contributed by atoms with Crippen LogP contribution >= 0.6 is 0 Å². The first-order valence-corrected chi connectivity index (χ1v) is 6.42. The van der Waals surface area contributed by atoms with Crippen LogP contribution in [-0.2, 0) is 0 Å². The van der Waals surface area contributed by atoms with Crippen molar-refractivity contribution in [3.8, 4) is 5.75 Å². The fraction of sp³-hybridized carbons (Fsp3) is 0.188. The average molecular weight is 291 g/mol. The number of phenols is 1. The van der Waals surface area contributed by atoms with Gasteiger partial charge in [0.25, 0.3) is 5.91 Å². The number of hydrogen-bond donors (Lipinski definition) is 1. The Morgan fingerprint density at radius 3 is 2.43 bits per heavy atom. The highest BCUT2D eigenvalue weighted by Gasteiger charge is 2.21. The van der Waals surface area contributed by atoms with E-state index in [2.05, 4.69) is 0 Å². The molecule has 0 aliphatic heterocycles. The van der Waals surface area contributed by atoms with Gasteiger partial charge in [0, 0.05) is 18.2 Å². The van der Waals surface area contributed by atoms with Crippen molar-refractivity contribution in [2.75, 3.05) is 7.05 Å². The number of aromatic hydroxyl groups is 1. The number of carbonyl (C=O) groups excluding carboxylic acids is 1. The molecule has 1 N–H and O–H groups in total. The maximum atomic E-state index is 13.2. The van der Waals surface area contributed by atoms with Gasteiger partial charge in [-0.25, -0.2) is 8.78 Å². The number of amides is 1. The molecule has 21 heavy (non-hydrogen) atoms. The van der Waals surface area contributed by atoms with Crippen molar-refractivity contribution in [3.05, 3.63) is 65.2 Å². The molecule has 1 amide bonds. The minimum Gasteiger partial charge on any atom is -0.508 e. The molecule has 0 spiro atoms. The molecule has 2 aromatic carbocycles. The summed E-state index contributed by atoms with van der Waals surface area (Å²) in [4.78, 5) is 13.7. The molecule has 0 heterocycles. The number of nitrogens with zero attached hydrogens (tertiary/aromatic N) is 1. The zero-order valence-corrected chi connectivity index (χ0v) is 11.7. The van der Waals surface area contributed by atoms with Gasteiger partial charge in [0.15, 0.2) is 11.6 Å². The van der Waals surface area contributed by atoms with Crippen molar-refractivity contribution < 1.29 is 18.7 Å². The Hall–Kier alpha value is -2.43. The number of hydrogen-bond acceptors (Lipinski definition) is 2. The predicted octanol–water partition coefficient (Wildman–Crippen LogP) is 3.50. The molecular formula is C16H15F2NO2. The Balaban J connectivity index is 2.26. The van der Waals surface area contributed by atoms with E-state index in [-0.39, 0.29) is 11.3 Å². The molecule has 0 saturated heterocycles. The van der Waals surface area contributed by atoms with Crippen LogP contribution in [0.25, 0.3) is 0 Å². The molecule has 0 aromatic heterocycles. The van der Waals surface area contributed by atoms with E-state index in [0.29, 0.717) is 5.56 Å². The van der Waals surface area contributed by atoms with E-state index >= 15 is 0 Å². The highest BCUT2D eigenvalue weighted by molar-refractivity contribution is 5.94. The number of carbonyl (C=O) groups is 1. The summed E-state index contributed by atoms with van der Waals surface area (Å²) >= 11 is 0. The van der Waals surface area contributed by atoms with E-state index in [4.69, 9.17) is 0 Å². The minimum atomic E-state index is -1.07. The Labute approximate surface area is 121 Å². The summed E-state index contributed by atoms with van der Waals surface area (Å²) in [6.07, 6.45) is 0. The van der Waals surface area contributed by atoms with Crippen LogP contribution in [0.3, 0.4) is 0 Å². The van der Waals surface area contributed by atoms with Gasteiger partial charge in [0.05, 0.1) is 6.04 Å². The highest BCUT2D eigenvalue weighted by atomic mass is 19.2. The number of rotatable bonds is 3. The van der Waals surface area contributed by atoms with Crippen LogP contribution in [0.5, 0.6) is 5.75 Å². The zero-order chi connectivity index (χ0) is 15.6. The maximum Gasteiger partial charge on any atom is 0.254 e. The fourth-order valence-electron chi connectivity index (χ4n) is 2.06. The average Bonchev–Trinajstić information content (AvgIpc) is 2.48. The van der Waals surface area contributed by atoms with Crippen molar-refractivity contribution in [3.63, 3.8) is 0 Å². The molecule has 5 heteroatoms. The van der Waals surface area contributed by atoms with E-state index in [9.17, 15) is 18.7 Å². The van der Waals surface area contributed by atoms with Crippen LogP contribution in [0.1, 0.15) is 28.9 Å². The van der Waals surface area contributed by atoms with Crippen molar-refractivity contribution in [2.24, 2.45) is 0 Å². The molecule has 1 atom stereocenters. The summed E-state index contributed by atoms with van der Waals surface area (Å²) in [5, 5.41) is 9.82. The third-order valence-electron chi connectivity index (χ3n) is 3.45. The summed E-state index contributed by atoms with van der Waals surface area (Å²) in [5.74, 6) is -2.44. The van der Waals surface area contributed by atoms with Gasteiger partial charge in [-0.2, -0.15) is 0 Å². The largest absolute Gasteiger partial charge is 0.508 e. The molecule has 0 aliphatic rings. The Bertz CT molecular complexity index is 673. The van der Waals surface area contributed by atoms with Crippen molar-refractivity contribution in [1.29, 1.82) is 0 Å². The molecule has 0 bridgehead atoms. The second kappa shape index (κ2) is 5.91. The van der Waals surface area contributed by atoms with Gasteiger partial charge in [-0.3, -0.25) is 4.79 Å². The molecular weight excluding hydrogens is 276 g/mol. The number of para-hydroxylation sites is 1. The lowest BCUT2D eigenvalue weighted by atomic mass is 10.0. The summed E-state index contributed by atoms with van der Waals surface area (Å²) in [5.41, 5.74) is 0.634. The van der Waals surface area contributed by atoms with Gasteiger partial charge in [-0.1, -0.05) is 18.2 Å². The first-order valence-electron chi connectivity index (χ1n) is 6.42. The third-order valence-corrected chi connectivity index (χ3v) is 3.45. The maximum absolute atomic E-state index is 13.2. The van der Waals surface area contributed by atoms with E-state index in [1.165, 1.54) is 17.0 Å². The van der Waals surface area contributed by atoms with Crippen LogP contribution in [-0.4, -0.2) is 23.0 Å². The summed E-state index contributed by atoms with van der Waals surface area (Å²) in [6, 6.07) is 9.27. The first kappa shape index (κ1) is 15.0. The monoisotopic (exact) mass is 291 g/mol. The van der Waals surface area contributed by atoms with Crippen LogP contribution in [0.2, 0.25) is 0 Å². The standard InChI is InChI=1S/C16H15F2NO2/c1-10(12-5-3-4-6-15(12)20)19(2)16(21)11-7-8-13(17)14(18)9-11/h3-10,20H,1-2H3. The smallest absolute Gasteiger partial charge is 0.254 e. The Kier molecular flexibility index (Phi) is 4.21. The lowest BCUT2D eigenvalue weighted by Crippen LogP contribution is -2.29. The first-order chi connectivity index (χ1) is 9.91.